The number of benzene rings is 2. The third-order valence-corrected chi connectivity index (χ3v) is 3.56. The minimum absolute atomic E-state index is 0.0830. The number of aryl methyl sites for hydroxylation is 1. The number of amides is 1. The zero-order valence-electron chi connectivity index (χ0n) is 12.8. The second-order valence-electron chi connectivity index (χ2n) is 6.26. The van der Waals surface area contributed by atoms with Gasteiger partial charge >= 0.3 is 0 Å². The lowest BCUT2D eigenvalue weighted by Gasteiger charge is -2.18. The summed E-state index contributed by atoms with van der Waals surface area (Å²) in [7, 11) is 0. The maximum atomic E-state index is 12.0. The maximum absolute atomic E-state index is 12.0. The summed E-state index contributed by atoms with van der Waals surface area (Å²) in [6.45, 7) is 8.53. The molecule has 0 fully saturated rings. The van der Waals surface area contributed by atoms with Gasteiger partial charge in [-0.1, -0.05) is 64.1 Å². The van der Waals surface area contributed by atoms with Gasteiger partial charge in [0, 0.05) is 12.0 Å². The Kier molecular flexibility index (Phi) is 4.12. The van der Waals surface area contributed by atoms with Crippen LogP contribution in [0.5, 0.6) is 0 Å². The van der Waals surface area contributed by atoms with Gasteiger partial charge in [-0.2, -0.15) is 0 Å². The van der Waals surface area contributed by atoms with Gasteiger partial charge in [0.15, 0.2) is 0 Å². The van der Waals surface area contributed by atoms with E-state index in [2.05, 4.69) is 48.6 Å². The van der Waals surface area contributed by atoms with E-state index in [-0.39, 0.29) is 11.3 Å². The molecule has 0 atom stereocenters. The number of hydrogen-bond acceptors (Lipinski definition) is 1. The smallest absolute Gasteiger partial charge is 0.225 e. The standard InChI is InChI=1S/C18H23NO/c1-5-13-9-10-16-14(11-13)7-6-8-15(16)12-19-17(20)18(2,3)4/h6-11H,5,12H2,1-4H3,(H,19,20). The molecule has 0 saturated carbocycles. The fourth-order valence-corrected chi connectivity index (χ4v) is 2.21. The Morgan fingerprint density at radius 3 is 2.55 bits per heavy atom. The molecule has 2 rings (SSSR count). The first-order valence-electron chi connectivity index (χ1n) is 7.20. The van der Waals surface area contributed by atoms with Crippen molar-refractivity contribution in [3.8, 4) is 0 Å². The van der Waals surface area contributed by atoms with Gasteiger partial charge in [-0.3, -0.25) is 4.79 Å². The zero-order valence-corrected chi connectivity index (χ0v) is 12.8. The summed E-state index contributed by atoms with van der Waals surface area (Å²) in [4.78, 5) is 12.0. The Hall–Kier alpha value is -1.83. The van der Waals surface area contributed by atoms with E-state index >= 15 is 0 Å². The Morgan fingerprint density at radius 1 is 1.15 bits per heavy atom. The highest BCUT2D eigenvalue weighted by Crippen LogP contribution is 2.21. The van der Waals surface area contributed by atoms with Crippen molar-refractivity contribution < 1.29 is 4.79 Å². The lowest BCUT2D eigenvalue weighted by atomic mass is 9.95. The number of fused-ring (bicyclic) bond motifs is 1. The molecule has 1 N–H and O–H groups in total. The van der Waals surface area contributed by atoms with Crippen LogP contribution in [0.2, 0.25) is 0 Å². The average Bonchev–Trinajstić information content (AvgIpc) is 2.42. The van der Waals surface area contributed by atoms with Crippen molar-refractivity contribution in [1.82, 2.24) is 5.32 Å². The lowest BCUT2D eigenvalue weighted by molar-refractivity contribution is -0.128. The summed E-state index contributed by atoms with van der Waals surface area (Å²) in [5, 5.41) is 5.48. The molecule has 0 radical (unpaired) electrons. The first-order valence-corrected chi connectivity index (χ1v) is 7.20. The highest BCUT2D eigenvalue weighted by Gasteiger charge is 2.20. The molecular weight excluding hydrogens is 246 g/mol. The molecule has 0 saturated heterocycles. The van der Waals surface area contributed by atoms with Crippen LogP contribution in [-0.4, -0.2) is 5.91 Å². The molecule has 106 valence electrons. The van der Waals surface area contributed by atoms with Crippen LogP contribution >= 0.6 is 0 Å². The van der Waals surface area contributed by atoms with E-state index in [0.717, 1.165) is 6.42 Å². The summed E-state index contributed by atoms with van der Waals surface area (Å²) in [5.74, 6) is 0.0830. The van der Waals surface area contributed by atoms with E-state index in [1.54, 1.807) is 0 Å². The van der Waals surface area contributed by atoms with Crippen LogP contribution in [0.25, 0.3) is 10.8 Å². The Balaban J connectivity index is 2.25. The Bertz CT molecular complexity index is 623. The van der Waals surface area contributed by atoms with Gasteiger partial charge in [0.25, 0.3) is 0 Å². The van der Waals surface area contributed by atoms with Crippen molar-refractivity contribution in [2.75, 3.05) is 0 Å². The SMILES string of the molecule is CCc1ccc2c(CNC(=O)C(C)(C)C)cccc2c1. The molecule has 20 heavy (non-hydrogen) atoms. The van der Waals surface area contributed by atoms with E-state index in [0.29, 0.717) is 6.54 Å². The predicted octanol–water partition coefficient (Wildman–Crippen LogP) is 4.06. The minimum Gasteiger partial charge on any atom is -0.352 e. The molecule has 0 spiro atoms. The predicted molar refractivity (Wildman–Crippen MR) is 84.6 cm³/mol. The van der Waals surface area contributed by atoms with Crippen molar-refractivity contribution in [2.45, 2.75) is 40.7 Å². The number of carbonyl (C=O) groups is 1. The third-order valence-electron chi connectivity index (χ3n) is 3.56. The van der Waals surface area contributed by atoms with Crippen LogP contribution in [0.15, 0.2) is 36.4 Å². The Labute approximate surface area is 121 Å². The van der Waals surface area contributed by atoms with Crippen LogP contribution < -0.4 is 5.32 Å². The fraction of sp³-hybridized carbons (Fsp3) is 0.389. The topological polar surface area (TPSA) is 29.1 Å². The van der Waals surface area contributed by atoms with E-state index in [1.165, 1.54) is 21.9 Å². The molecule has 2 aromatic carbocycles. The second kappa shape index (κ2) is 5.66. The molecule has 2 heteroatoms. The lowest BCUT2D eigenvalue weighted by Crippen LogP contribution is -2.34. The molecular formula is C18H23NO. The van der Waals surface area contributed by atoms with E-state index in [9.17, 15) is 4.79 Å². The molecule has 0 aromatic heterocycles. The molecule has 0 aliphatic heterocycles. The molecule has 2 aromatic rings. The van der Waals surface area contributed by atoms with Crippen LogP contribution in [0.1, 0.15) is 38.8 Å². The van der Waals surface area contributed by atoms with Crippen molar-refractivity contribution in [3.05, 3.63) is 47.5 Å². The molecule has 0 aliphatic carbocycles. The number of rotatable bonds is 3. The first-order chi connectivity index (χ1) is 9.41. The summed E-state index contributed by atoms with van der Waals surface area (Å²) in [6, 6.07) is 12.8. The van der Waals surface area contributed by atoms with Crippen LogP contribution in [-0.2, 0) is 17.8 Å². The van der Waals surface area contributed by atoms with Gasteiger partial charge in [0.2, 0.25) is 5.91 Å². The average molecular weight is 269 g/mol. The molecule has 0 aliphatic rings. The first kappa shape index (κ1) is 14.6. The molecule has 0 unspecified atom stereocenters. The maximum Gasteiger partial charge on any atom is 0.225 e. The number of hydrogen-bond donors (Lipinski definition) is 1. The molecule has 0 heterocycles. The van der Waals surface area contributed by atoms with Gasteiger partial charge < -0.3 is 5.32 Å². The van der Waals surface area contributed by atoms with Gasteiger partial charge in [-0.25, -0.2) is 0 Å². The minimum atomic E-state index is -0.347. The largest absolute Gasteiger partial charge is 0.352 e. The van der Waals surface area contributed by atoms with Gasteiger partial charge in [-0.05, 0) is 28.3 Å². The Morgan fingerprint density at radius 2 is 1.90 bits per heavy atom. The van der Waals surface area contributed by atoms with Gasteiger partial charge in [-0.15, -0.1) is 0 Å². The van der Waals surface area contributed by atoms with Crippen molar-refractivity contribution in [1.29, 1.82) is 0 Å². The molecule has 1 amide bonds. The third kappa shape index (κ3) is 3.19. The van der Waals surface area contributed by atoms with E-state index < -0.39 is 0 Å². The second-order valence-corrected chi connectivity index (χ2v) is 6.26. The van der Waals surface area contributed by atoms with E-state index in [4.69, 9.17) is 0 Å². The summed E-state index contributed by atoms with van der Waals surface area (Å²) < 4.78 is 0. The highest BCUT2D eigenvalue weighted by atomic mass is 16.2. The van der Waals surface area contributed by atoms with Gasteiger partial charge in [0.05, 0.1) is 0 Å². The monoisotopic (exact) mass is 269 g/mol. The van der Waals surface area contributed by atoms with Crippen LogP contribution in [0.3, 0.4) is 0 Å². The van der Waals surface area contributed by atoms with Crippen LogP contribution in [0.4, 0.5) is 0 Å². The highest BCUT2D eigenvalue weighted by molar-refractivity contribution is 5.87. The normalized spacial score (nSPS) is 11.6. The van der Waals surface area contributed by atoms with Crippen molar-refractivity contribution in [2.24, 2.45) is 5.41 Å². The van der Waals surface area contributed by atoms with Gasteiger partial charge in [0.1, 0.15) is 0 Å². The van der Waals surface area contributed by atoms with Crippen LogP contribution in [0, 0.1) is 5.41 Å². The number of carbonyl (C=O) groups excluding carboxylic acids is 1. The molecule has 0 bridgehead atoms. The summed E-state index contributed by atoms with van der Waals surface area (Å²) in [6.07, 6.45) is 1.04. The fourth-order valence-electron chi connectivity index (χ4n) is 2.21. The van der Waals surface area contributed by atoms with Crippen molar-refractivity contribution >= 4 is 16.7 Å². The summed E-state index contributed by atoms with van der Waals surface area (Å²) in [5.41, 5.74) is 2.16. The number of nitrogens with one attached hydrogen (secondary N) is 1. The zero-order chi connectivity index (χ0) is 14.8. The molecule has 2 nitrogen and oxygen atoms in total. The van der Waals surface area contributed by atoms with E-state index in [1.807, 2.05) is 20.8 Å². The van der Waals surface area contributed by atoms with Crippen molar-refractivity contribution in [3.63, 3.8) is 0 Å². The summed E-state index contributed by atoms with van der Waals surface area (Å²) >= 11 is 0. The quantitative estimate of drug-likeness (QED) is 0.894.